The van der Waals surface area contributed by atoms with Crippen LogP contribution in [0.3, 0.4) is 0 Å². The first-order valence-electron chi connectivity index (χ1n) is 6.75. The van der Waals surface area contributed by atoms with Crippen molar-refractivity contribution >= 4 is 28.2 Å². The fourth-order valence-electron chi connectivity index (χ4n) is 3.08. The first-order valence-corrected chi connectivity index (χ1v) is 7.75. The van der Waals surface area contributed by atoms with Crippen molar-refractivity contribution in [1.82, 2.24) is 4.57 Å². The summed E-state index contributed by atoms with van der Waals surface area (Å²) in [5.74, 6) is -0.385. The minimum atomic E-state index is -1.75. The van der Waals surface area contributed by atoms with Crippen molar-refractivity contribution in [2.45, 2.75) is 25.7 Å². The molecule has 0 unspecified atom stereocenters. The third-order valence-electron chi connectivity index (χ3n) is 3.84. The first kappa shape index (κ1) is 13.0. The highest BCUT2D eigenvalue weighted by atomic mass is 32.2. The molecular formula is C14H13NO5S. The minimum Gasteiger partial charge on any atom is -0.462 e. The van der Waals surface area contributed by atoms with Gasteiger partial charge in [-0.2, -0.15) is 4.21 Å². The lowest BCUT2D eigenvalue weighted by atomic mass is 10.1. The van der Waals surface area contributed by atoms with Gasteiger partial charge >= 0.3 is 17.3 Å². The second-order valence-corrected chi connectivity index (χ2v) is 5.76. The minimum absolute atomic E-state index is 0.301. The van der Waals surface area contributed by atoms with Crippen LogP contribution in [0.1, 0.15) is 29.1 Å². The molecule has 2 aromatic rings. The lowest BCUT2D eigenvalue weighted by Crippen LogP contribution is -2.13. The van der Waals surface area contributed by atoms with Crippen LogP contribution in [-0.4, -0.2) is 27.5 Å². The molecule has 0 radical (unpaired) electrons. The highest BCUT2D eigenvalue weighted by molar-refractivity contribution is 7.75. The molecule has 1 fully saturated rings. The smallest absolute Gasteiger partial charge is 0.340 e. The number of carbonyl (C=O) groups excluding carboxylic acids is 1. The summed E-state index contributed by atoms with van der Waals surface area (Å²) in [5, 5.41) is 0.825. The quantitative estimate of drug-likeness (QED) is 0.792. The van der Waals surface area contributed by atoms with Gasteiger partial charge in [0.2, 0.25) is 0 Å². The SMILES string of the molecule is CCOC(=O)c1c2n(c3ccccc13)C[C@H]1O[S@](=O)O[C@@H]21. The van der Waals surface area contributed by atoms with Crippen molar-refractivity contribution in [3.63, 3.8) is 0 Å². The Balaban J connectivity index is 1.95. The van der Waals surface area contributed by atoms with Crippen molar-refractivity contribution < 1.29 is 22.1 Å². The predicted molar refractivity (Wildman–Crippen MR) is 74.7 cm³/mol. The molecule has 0 saturated carbocycles. The van der Waals surface area contributed by atoms with E-state index in [1.54, 1.807) is 6.92 Å². The van der Waals surface area contributed by atoms with Crippen LogP contribution in [0.2, 0.25) is 0 Å². The van der Waals surface area contributed by atoms with E-state index in [-0.39, 0.29) is 12.1 Å². The van der Waals surface area contributed by atoms with Crippen molar-refractivity contribution in [3.05, 3.63) is 35.5 Å². The Morgan fingerprint density at radius 3 is 3.05 bits per heavy atom. The molecule has 21 heavy (non-hydrogen) atoms. The molecule has 0 aliphatic carbocycles. The summed E-state index contributed by atoms with van der Waals surface area (Å²) in [6, 6.07) is 7.62. The zero-order valence-corrected chi connectivity index (χ0v) is 12.1. The molecule has 0 spiro atoms. The van der Waals surface area contributed by atoms with E-state index in [0.717, 1.165) is 10.9 Å². The number of esters is 1. The summed E-state index contributed by atoms with van der Waals surface area (Å²) in [6.45, 7) is 2.59. The number of para-hydroxylation sites is 1. The van der Waals surface area contributed by atoms with Crippen LogP contribution in [0.4, 0.5) is 0 Å². The third kappa shape index (κ3) is 1.78. The van der Waals surface area contributed by atoms with Gasteiger partial charge in [-0.15, -0.1) is 0 Å². The molecule has 1 aromatic carbocycles. The Kier molecular flexibility index (Phi) is 2.88. The standard InChI is InChI=1S/C14H13NO5S/c1-2-18-14(16)11-8-5-3-4-6-9(8)15-7-10-13(12(11)15)20-21(17)19-10/h3-6,10,13H,2,7H2,1H3/t10-,13-,21+/m1/s1. The molecule has 1 aromatic heterocycles. The van der Waals surface area contributed by atoms with Crippen LogP contribution in [-0.2, 0) is 31.0 Å². The highest BCUT2D eigenvalue weighted by Crippen LogP contribution is 2.44. The maximum Gasteiger partial charge on any atom is 0.340 e. The lowest BCUT2D eigenvalue weighted by Gasteiger charge is -2.07. The van der Waals surface area contributed by atoms with E-state index in [1.807, 2.05) is 28.8 Å². The largest absolute Gasteiger partial charge is 0.462 e. The Morgan fingerprint density at radius 2 is 2.24 bits per heavy atom. The van der Waals surface area contributed by atoms with E-state index in [4.69, 9.17) is 13.1 Å². The van der Waals surface area contributed by atoms with Gasteiger partial charge < -0.3 is 9.30 Å². The normalized spacial score (nSPS) is 26.8. The van der Waals surface area contributed by atoms with E-state index in [0.29, 0.717) is 24.4 Å². The van der Waals surface area contributed by atoms with Gasteiger partial charge in [0.1, 0.15) is 12.2 Å². The maximum atomic E-state index is 12.3. The van der Waals surface area contributed by atoms with Gasteiger partial charge in [-0.1, -0.05) is 18.2 Å². The molecule has 2 aliphatic rings. The molecule has 0 bridgehead atoms. The number of hydrogen-bond donors (Lipinski definition) is 0. The molecule has 3 heterocycles. The molecule has 6 nitrogen and oxygen atoms in total. The average Bonchev–Trinajstić information content (AvgIpc) is 3.07. The van der Waals surface area contributed by atoms with E-state index >= 15 is 0 Å². The summed E-state index contributed by atoms with van der Waals surface area (Å²) >= 11 is -1.75. The van der Waals surface area contributed by atoms with Crippen molar-refractivity contribution in [1.29, 1.82) is 0 Å². The molecule has 110 valence electrons. The van der Waals surface area contributed by atoms with Crippen LogP contribution in [0, 0.1) is 0 Å². The molecule has 3 atom stereocenters. The molecule has 7 heteroatoms. The van der Waals surface area contributed by atoms with Crippen LogP contribution in [0.15, 0.2) is 24.3 Å². The third-order valence-corrected chi connectivity index (χ3v) is 4.61. The number of benzene rings is 1. The molecule has 1 saturated heterocycles. The van der Waals surface area contributed by atoms with E-state index < -0.39 is 17.5 Å². The summed E-state index contributed by atoms with van der Waals surface area (Å²) < 4.78 is 29.2. The number of carbonyl (C=O) groups is 1. The van der Waals surface area contributed by atoms with Gasteiger partial charge in [-0.3, -0.25) is 8.37 Å². The highest BCUT2D eigenvalue weighted by Gasteiger charge is 2.47. The second kappa shape index (κ2) is 4.66. The number of hydrogen-bond acceptors (Lipinski definition) is 5. The fourth-order valence-corrected chi connectivity index (χ4v) is 3.88. The molecule has 4 rings (SSSR count). The monoisotopic (exact) mass is 307 g/mol. The van der Waals surface area contributed by atoms with Gasteiger partial charge in [0.05, 0.1) is 24.4 Å². The summed E-state index contributed by atoms with van der Waals surface area (Å²) in [5.41, 5.74) is 2.12. The van der Waals surface area contributed by atoms with Crippen LogP contribution in [0.5, 0.6) is 0 Å². The first-order chi connectivity index (χ1) is 10.2. The summed E-state index contributed by atoms with van der Waals surface area (Å²) in [4.78, 5) is 12.3. The average molecular weight is 307 g/mol. The van der Waals surface area contributed by atoms with Gasteiger partial charge in [-0.05, 0) is 13.0 Å². The second-order valence-electron chi connectivity index (χ2n) is 4.96. The van der Waals surface area contributed by atoms with Crippen LogP contribution in [0.25, 0.3) is 10.9 Å². The number of fused-ring (bicyclic) bond motifs is 5. The summed E-state index contributed by atoms with van der Waals surface area (Å²) in [6.07, 6.45) is -0.809. The topological polar surface area (TPSA) is 66.8 Å². The Bertz CT molecular complexity index is 768. The number of nitrogens with zero attached hydrogens (tertiary/aromatic N) is 1. The van der Waals surface area contributed by atoms with Gasteiger partial charge in [-0.25, -0.2) is 4.79 Å². The van der Waals surface area contributed by atoms with Crippen molar-refractivity contribution in [3.8, 4) is 0 Å². The Morgan fingerprint density at radius 1 is 1.43 bits per heavy atom. The fraction of sp³-hybridized carbons (Fsp3) is 0.357. The van der Waals surface area contributed by atoms with Crippen LogP contribution < -0.4 is 0 Å². The van der Waals surface area contributed by atoms with Gasteiger partial charge in [0, 0.05) is 10.9 Å². The molecular weight excluding hydrogens is 294 g/mol. The summed E-state index contributed by atoms with van der Waals surface area (Å²) in [7, 11) is 0. The van der Waals surface area contributed by atoms with Crippen LogP contribution >= 0.6 is 0 Å². The maximum absolute atomic E-state index is 12.3. The van der Waals surface area contributed by atoms with Gasteiger partial charge in [0.15, 0.2) is 0 Å². The van der Waals surface area contributed by atoms with Crippen molar-refractivity contribution in [2.75, 3.05) is 6.61 Å². The van der Waals surface area contributed by atoms with E-state index in [1.165, 1.54) is 0 Å². The van der Waals surface area contributed by atoms with Crippen molar-refractivity contribution in [2.24, 2.45) is 0 Å². The number of rotatable bonds is 2. The predicted octanol–water partition coefficient (Wildman–Crippen LogP) is 1.87. The number of ether oxygens (including phenoxy) is 1. The number of aromatic nitrogens is 1. The molecule has 0 amide bonds. The van der Waals surface area contributed by atoms with E-state index in [9.17, 15) is 9.00 Å². The molecule has 2 aliphatic heterocycles. The van der Waals surface area contributed by atoms with Gasteiger partial charge in [0.25, 0.3) is 0 Å². The zero-order chi connectivity index (χ0) is 14.6. The van der Waals surface area contributed by atoms with E-state index in [2.05, 4.69) is 0 Å². The molecule has 0 N–H and O–H groups in total. The lowest BCUT2D eigenvalue weighted by molar-refractivity contribution is 0.0523. The Labute approximate surface area is 123 Å². The zero-order valence-electron chi connectivity index (χ0n) is 11.3. The Hall–Kier alpha value is -1.70.